The van der Waals surface area contributed by atoms with Gasteiger partial charge in [0.1, 0.15) is 0 Å². The fourth-order valence-corrected chi connectivity index (χ4v) is 4.28. The van der Waals surface area contributed by atoms with Gasteiger partial charge in [-0.15, -0.1) is 9.89 Å². The zero-order chi connectivity index (χ0) is 20.5. The number of nitrogens with one attached hydrogen (secondary N) is 3. The summed E-state index contributed by atoms with van der Waals surface area (Å²) in [6.07, 6.45) is 3.05. The molecule has 2 heterocycles. The quantitative estimate of drug-likeness (QED) is 0.623. The van der Waals surface area contributed by atoms with Crippen LogP contribution < -0.4 is 16.2 Å². The van der Waals surface area contributed by atoms with Gasteiger partial charge in [-0.3, -0.25) is 9.59 Å². The smallest absolute Gasteiger partial charge is 0.320 e. The largest absolute Gasteiger partial charge is 0.348 e. The summed E-state index contributed by atoms with van der Waals surface area (Å²) in [5.74, 6) is -0.491. The minimum absolute atomic E-state index is 0.0490. The van der Waals surface area contributed by atoms with Gasteiger partial charge >= 0.3 is 5.56 Å². The lowest BCUT2D eigenvalue weighted by Crippen LogP contribution is -2.62. The normalized spacial score (nSPS) is 19.0. The summed E-state index contributed by atoms with van der Waals surface area (Å²) in [6.45, 7) is 8.41. The summed E-state index contributed by atoms with van der Waals surface area (Å²) in [4.78, 5) is 26.0. The van der Waals surface area contributed by atoms with Crippen molar-refractivity contribution in [2.45, 2.75) is 57.7 Å². The second kappa shape index (κ2) is 7.63. The fourth-order valence-electron chi connectivity index (χ4n) is 3.89. The van der Waals surface area contributed by atoms with Crippen LogP contribution in [0.1, 0.15) is 56.6 Å². The highest BCUT2D eigenvalue weighted by Crippen LogP contribution is 2.28. The molecule has 0 bridgehead atoms. The zero-order valence-electron chi connectivity index (χ0n) is 16.4. The van der Waals surface area contributed by atoms with Crippen molar-refractivity contribution in [2.75, 3.05) is 0 Å². The molecule has 1 aliphatic heterocycles. The molecule has 3 rings (SSSR count). The van der Waals surface area contributed by atoms with Crippen LogP contribution in [0.25, 0.3) is 0 Å². The molecule has 3 N–H and O–H groups in total. The summed E-state index contributed by atoms with van der Waals surface area (Å²) in [7, 11) is 0. The number of H-pyrrole nitrogens is 1. The number of carbonyl (C=O) groups excluding carboxylic acids is 1. The van der Waals surface area contributed by atoms with Crippen molar-refractivity contribution in [1.29, 1.82) is 0 Å². The lowest BCUT2D eigenvalue weighted by molar-refractivity contribution is 0.0867. The molecule has 150 valence electrons. The van der Waals surface area contributed by atoms with E-state index in [1.165, 1.54) is 6.21 Å². The maximum atomic E-state index is 12.6. The third kappa shape index (κ3) is 4.77. The number of nitrogens with zero attached hydrogens (tertiary/aromatic N) is 3. The first kappa shape index (κ1) is 20.5. The molecule has 28 heavy (non-hydrogen) atoms. The minimum atomic E-state index is -0.590. The van der Waals surface area contributed by atoms with Crippen molar-refractivity contribution in [3.05, 3.63) is 50.3 Å². The molecule has 0 spiro atoms. The van der Waals surface area contributed by atoms with Gasteiger partial charge in [-0.2, -0.15) is 10.3 Å². The van der Waals surface area contributed by atoms with E-state index in [0.717, 1.165) is 27.7 Å². The molecule has 2 aromatic rings. The standard InChI is InChI=1S/C19H25BrN6O2/c1-18(2)9-13(10-19(3,4)24-18)22-16(27)15-17(28)26(25-23-15)21-11-12-7-5-6-8-14(12)20/h5-8,11,13,24-25H,9-10H2,1-4H3,(H,22,27). The number of amides is 1. The molecule has 8 nitrogen and oxygen atoms in total. The Morgan fingerprint density at radius 1 is 1.29 bits per heavy atom. The van der Waals surface area contributed by atoms with Crippen LogP contribution in [0.5, 0.6) is 0 Å². The Kier molecular flexibility index (Phi) is 5.58. The Morgan fingerprint density at radius 3 is 2.57 bits per heavy atom. The highest BCUT2D eigenvalue weighted by molar-refractivity contribution is 9.10. The Labute approximate surface area is 171 Å². The van der Waals surface area contributed by atoms with E-state index in [1.54, 1.807) is 0 Å². The molecule has 1 fully saturated rings. The van der Waals surface area contributed by atoms with Gasteiger partial charge in [0.25, 0.3) is 5.91 Å². The molecule has 1 aliphatic rings. The lowest BCUT2D eigenvalue weighted by Gasteiger charge is -2.46. The average molecular weight is 449 g/mol. The van der Waals surface area contributed by atoms with Gasteiger partial charge in [-0.25, -0.2) is 0 Å². The summed E-state index contributed by atoms with van der Waals surface area (Å²) < 4.78 is 0.848. The first-order valence-corrected chi connectivity index (χ1v) is 9.92. The second-order valence-corrected chi connectivity index (χ2v) is 9.27. The second-order valence-electron chi connectivity index (χ2n) is 8.41. The number of halogens is 1. The third-order valence-electron chi connectivity index (χ3n) is 4.61. The molecule has 1 amide bonds. The van der Waals surface area contributed by atoms with Crippen LogP contribution >= 0.6 is 15.9 Å². The maximum absolute atomic E-state index is 12.6. The molecule has 1 saturated heterocycles. The molecular formula is C19H25BrN6O2. The highest BCUT2D eigenvalue weighted by atomic mass is 79.9. The van der Waals surface area contributed by atoms with Gasteiger partial charge in [0, 0.05) is 27.2 Å². The molecule has 1 aromatic carbocycles. The Hall–Kier alpha value is -2.26. The molecule has 1 aromatic heterocycles. The van der Waals surface area contributed by atoms with Gasteiger partial charge < -0.3 is 10.6 Å². The summed E-state index contributed by atoms with van der Waals surface area (Å²) >= 11 is 3.42. The van der Waals surface area contributed by atoms with E-state index in [9.17, 15) is 9.59 Å². The van der Waals surface area contributed by atoms with E-state index in [-0.39, 0.29) is 22.8 Å². The summed E-state index contributed by atoms with van der Waals surface area (Å²) in [5.41, 5.74) is -0.210. The molecule has 0 atom stereocenters. The number of hydrogen-bond donors (Lipinski definition) is 3. The predicted octanol–water partition coefficient (Wildman–Crippen LogP) is 2.26. The van der Waals surface area contributed by atoms with Crippen molar-refractivity contribution in [3.8, 4) is 0 Å². The van der Waals surface area contributed by atoms with Gasteiger partial charge in [0.15, 0.2) is 0 Å². The van der Waals surface area contributed by atoms with E-state index in [0.29, 0.717) is 0 Å². The van der Waals surface area contributed by atoms with Crippen LogP contribution in [0.4, 0.5) is 0 Å². The Bertz CT molecular complexity index is 943. The Balaban J connectivity index is 1.74. The highest BCUT2D eigenvalue weighted by Gasteiger charge is 2.38. The monoisotopic (exact) mass is 448 g/mol. The SMILES string of the molecule is CC1(C)CC(NC(=O)c2n[nH]n(N=Cc3ccccc3Br)c2=O)CC(C)(C)N1. The van der Waals surface area contributed by atoms with Gasteiger partial charge in [0.05, 0.1) is 6.21 Å². The van der Waals surface area contributed by atoms with Crippen LogP contribution in [0.2, 0.25) is 0 Å². The molecular weight excluding hydrogens is 424 g/mol. The third-order valence-corrected chi connectivity index (χ3v) is 5.33. The van der Waals surface area contributed by atoms with Crippen molar-refractivity contribution >= 4 is 28.1 Å². The van der Waals surface area contributed by atoms with Crippen LogP contribution in [-0.2, 0) is 0 Å². The van der Waals surface area contributed by atoms with Crippen LogP contribution in [0, 0.1) is 0 Å². The van der Waals surface area contributed by atoms with E-state index in [2.05, 4.69) is 69.7 Å². The fraction of sp³-hybridized carbons (Fsp3) is 0.474. The first-order chi connectivity index (χ1) is 13.1. The maximum Gasteiger partial charge on any atom is 0.320 e. The zero-order valence-corrected chi connectivity index (χ0v) is 18.0. The number of carbonyl (C=O) groups is 1. The van der Waals surface area contributed by atoms with Gasteiger partial charge in [-0.05, 0) is 46.6 Å². The van der Waals surface area contributed by atoms with Crippen LogP contribution in [-0.4, -0.2) is 44.3 Å². The van der Waals surface area contributed by atoms with E-state index >= 15 is 0 Å². The molecule has 0 aliphatic carbocycles. The van der Waals surface area contributed by atoms with Crippen LogP contribution in [0.15, 0.2) is 38.6 Å². The Morgan fingerprint density at radius 2 is 1.93 bits per heavy atom. The number of rotatable bonds is 4. The van der Waals surface area contributed by atoms with E-state index in [1.807, 2.05) is 24.3 Å². The first-order valence-electron chi connectivity index (χ1n) is 9.13. The molecule has 9 heteroatoms. The molecule has 0 radical (unpaired) electrons. The van der Waals surface area contributed by atoms with Crippen LogP contribution in [0.3, 0.4) is 0 Å². The van der Waals surface area contributed by atoms with Crippen molar-refractivity contribution in [1.82, 2.24) is 25.7 Å². The number of piperidine rings is 1. The minimum Gasteiger partial charge on any atom is -0.348 e. The number of aromatic nitrogens is 3. The van der Waals surface area contributed by atoms with Crippen molar-refractivity contribution < 1.29 is 4.79 Å². The van der Waals surface area contributed by atoms with Gasteiger partial charge in [0.2, 0.25) is 5.69 Å². The average Bonchev–Trinajstić information content (AvgIpc) is 2.92. The number of benzene rings is 1. The molecule has 0 unspecified atom stereocenters. The topological polar surface area (TPSA) is 104 Å². The van der Waals surface area contributed by atoms with Gasteiger partial charge in [-0.1, -0.05) is 34.1 Å². The van der Waals surface area contributed by atoms with Crippen molar-refractivity contribution in [2.24, 2.45) is 5.10 Å². The number of aromatic amines is 1. The number of hydrogen-bond acceptors (Lipinski definition) is 5. The molecule has 0 saturated carbocycles. The lowest BCUT2D eigenvalue weighted by atomic mass is 9.79. The van der Waals surface area contributed by atoms with E-state index in [4.69, 9.17) is 0 Å². The summed E-state index contributed by atoms with van der Waals surface area (Å²) in [6, 6.07) is 7.42. The van der Waals surface area contributed by atoms with E-state index < -0.39 is 11.5 Å². The summed E-state index contributed by atoms with van der Waals surface area (Å²) in [5, 5.41) is 16.9. The predicted molar refractivity (Wildman–Crippen MR) is 112 cm³/mol. The van der Waals surface area contributed by atoms with Crippen molar-refractivity contribution in [3.63, 3.8) is 0 Å².